The maximum absolute atomic E-state index is 14.7. The number of amides is 1. The lowest BCUT2D eigenvalue weighted by Crippen LogP contribution is -2.36. The third-order valence-electron chi connectivity index (χ3n) is 4.50. The van der Waals surface area contributed by atoms with Gasteiger partial charge >= 0.3 is 6.09 Å². The molecule has 29 heavy (non-hydrogen) atoms. The lowest BCUT2D eigenvalue weighted by molar-refractivity contribution is 0.0293. The van der Waals surface area contributed by atoms with Gasteiger partial charge in [-0.25, -0.2) is 14.2 Å². The van der Waals surface area contributed by atoms with Gasteiger partial charge in [-0.15, -0.1) is 0 Å². The highest BCUT2D eigenvalue weighted by Crippen LogP contribution is 2.41. The molecule has 0 saturated carbocycles. The number of hydrogen-bond donors (Lipinski definition) is 2. The van der Waals surface area contributed by atoms with Crippen molar-refractivity contribution in [2.45, 2.75) is 38.8 Å². The molecular weight excluding hydrogens is 467 g/mol. The van der Waals surface area contributed by atoms with E-state index in [4.69, 9.17) is 26.8 Å². The maximum atomic E-state index is 14.7. The Hall–Kier alpha value is -2.00. The Bertz CT molecular complexity index is 967. The highest BCUT2D eigenvalue weighted by molar-refractivity contribution is 9.10. The molecule has 158 valence electrons. The second-order valence-electron chi connectivity index (χ2n) is 7.85. The standard InChI is InChI=1S/C19H23BrClFN4O3/c1-19(2,3)29-18(27)26-6-5-9(8-26)24-16-10-7-11(21)12(20)13(22)15(10)25-17(28-4)14(16)23/h7,9H,5-6,8,23H2,1-4H3,(H,24,25). The van der Waals surface area contributed by atoms with E-state index in [1.807, 2.05) is 20.8 Å². The largest absolute Gasteiger partial charge is 0.479 e. The highest BCUT2D eigenvalue weighted by atomic mass is 79.9. The number of hydrogen-bond acceptors (Lipinski definition) is 6. The van der Waals surface area contributed by atoms with Gasteiger partial charge in [-0.3, -0.25) is 0 Å². The summed E-state index contributed by atoms with van der Waals surface area (Å²) in [5.41, 5.74) is 6.45. The molecule has 0 spiro atoms. The number of aromatic nitrogens is 1. The average Bonchev–Trinajstić information content (AvgIpc) is 3.10. The quantitative estimate of drug-likeness (QED) is 0.602. The molecule has 1 unspecified atom stereocenters. The predicted octanol–water partition coefficient (Wildman–Crippen LogP) is 4.80. The van der Waals surface area contributed by atoms with Crippen molar-refractivity contribution in [3.8, 4) is 5.88 Å². The van der Waals surface area contributed by atoms with E-state index in [0.717, 1.165) is 0 Å². The fraction of sp³-hybridized carbons (Fsp3) is 0.474. The summed E-state index contributed by atoms with van der Waals surface area (Å²) in [4.78, 5) is 18.1. The molecular formula is C19H23BrClFN4O3. The van der Waals surface area contributed by atoms with Crippen LogP contribution in [0.25, 0.3) is 10.9 Å². The predicted molar refractivity (Wildman–Crippen MR) is 115 cm³/mol. The van der Waals surface area contributed by atoms with Gasteiger partial charge in [0.2, 0.25) is 5.88 Å². The Morgan fingerprint density at radius 1 is 1.48 bits per heavy atom. The molecule has 10 heteroatoms. The molecule has 3 rings (SSSR count). The van der Waals surface area contributed by atoms with E-state index < -0.39 is 11.4 Å². The first-order valence-electron chi connectivity index (χ1n) is 9.07. The summed E-state index contributed by atoms with van der Waals surface area (Å²) in [5.74, 6) is -0.495. The number of nitrogens with one attached hydrogen (secondary N) is 1. The smallest absolute Gasteiger partial charge is 0.410 e. The Morgan fingerprint density at radius 3 is 2.79 bits per heavy atom. The van der Waals surface area contributed by atoms with Crippen molar-refractivity contribution >= 4 is 55.9 Å². The second kappa shape index (κ2) is 8.02. The molecule has 1 amide bonds. The van der Waals surface area contributed by atoms with Crippen LogP contribution in [-0.2, 0) is 4.74 Å². The number of rotatable bonds is 3. The summed E-state index contributed by atoms with van der Waals surface area (Å²) in [6.07, 6.45) is 0.308. The maximum Gasteiger partial charge on any atom is 0.410 e. The van der Waals surface area contributed by atoms with Crippen molar-refractivity contribution in [1.29, 1.82) is 0 Å². The lowest BCUT2D eigenvalue weighted by atomic mass is 10.1. The van der Waals surface area contributed by atoms with Crippen LogP contribution < -0.4 is 15.8 Å². The molecule has 1 atom stereocenters. The van der Waals surface area contributed by atoms with Crippen LogP contribution in [0.4, 0.5) is 20.6 Å². The van der Waals surface area contributed by atoms with Gasteiger partial charge in [0.05, 0.1) is 22.3 Å². The Morgan fingerprint density at radius 2 is 2.17 bits per heavy atom. The topological polar surface area (TPSA) is 89.7 Å². The van der Waals surface area contributed by atoms with E-state index in [1.165, 1.54) is 7.11 Å². The van der Waals surface area contributed by atoms with Crippen LogP contribution in [0, 0.1) is 5.82 Å². The lowest BCUT2D eigenvalue weighted by Gasteiger charge is -2.25. The summed E-state index contributed by atoms with van der Waals surface area (Å²) in [6.45, 7) is 6.43. The van der Waals surface area contributed by atoms with Gasteiger partial charge in [0.1, 0.15) is 16.8 Å². The number of benzene rings is 1. The molecule has 1 saturated heterocycles. The number of nitrogens with zero attached hydrogens (tertiary/aromatic N) is 2. The number of nitrogens with two attached hydrogens (primary N) is 1. The molecule has 2 heterocycles. The highest BCUT2D eigenvalue weighted by Gasteiger charge is 2.31. The minimum Gasteiger partial charge on any atom is -0.479 e. The molecule has 7 nitrogen and oxygen atoms in total. The number of likely N-dealkylation sites (tertiary alicyclic amines) is 1. The number of methoxy groups -OCH3 is 1. The van der Waals surface area contributed by atoms with Gasteiger partial charge in [-0.2, -0.15) is 0 Å². The van der Waals surface area contributed by atoms with Crippen molar-refractivity contribution in [2.24, 2.45) is 0 Å². The minimum atomic E-state index is -0.601. The zero-order valence-corrected chi connectivity index (χ0v) is 18.9. The first kappa shape index (κ1) is 21.7. The van der Waals surface area contributed by atoms with E-state index in [-0.39, 0.29) is 38.7 Å². The summed E-state index contributed by atoms with van der Waals surface area (Å²) < 4.78 is 25.5. The summed E-state index contributed by atoms with van der Waals surface area (Å²) in [7, 11) is 1.41. The second-order valence-corrected chi connectivity index (χ2v) is 9.05. The van der Waals surface area contributed by atoms with Gasteiger partial charge < -0.3 is 25.4 Å². The van der Waals surface area contributed by atoms with Crippen LogP contribution in [0.1, 0.15) is 27.2 Å². The van der Waals surface area contributed by atoms with E-state index in [2.05, 4.69) is 26.2 Å². The molecule has 0 aliphatic carbocycles. The van der Waals surface area contributed by atoms with E-state index in [1.54, 1.807) is 11.0 Å². The molecule has 1 aliphatic heterocycles. The summed E-state index contributed by atoms with van der Waals surface area (Å²) >= 11 is 9.28. The fourth-order valence-corrected chi connectivity index (χ4v) is 3.68. The zero-order valence-electron chi connectivity index (χ0n) is 16.6. The molecule has 3 N–H and O–H groups in total. The van der Waals surface area contributed by atoms with Crippen LogP contribution in [0.3, 0.4) is 0 Å². The van der Waals surface area contributed by atoms with Gasteiger partial charge in [0.25, 0.3) is 0 Å². The van der Waals surface area contributed by atoms with Crippen LogP contribution >= 0.6 is 27.5 Å². The van der Waals surface area contributed by atoms with Crippen LogP contribution in [-0.4, -0.2) is 47.8 Å². The Labute approximate surface area is 181 Å². The molecule has 1 aromatic carbocycles. The summed E-state index contributed by atoms with van der Waals surface area (Å²) in [5, 5.41) is 3.95. The molecule has 1 aromatic heterocycles. The third kappa shape index (κ3) is 4.45. The monoisotopic (exact) mass is 488 g/mol. The Kier molecular flexibility index (Phi) is 6.01. The van der Waals surface area contributed by atoms with Gasteiger partial charge in [-0.05, 0) is 49.2 Å². The van der Waals surface area contributed by atoms with E-state index in [9.17, 15) is 9.18 Å². The molecule has 1 aliphatic rings. The number of carbonyl (C=O) groups is 1. The molecule has 0 radical (unpaired) electrons. The Balaban J connectivity index is 1.92. The van der Waals surface area contributed by atoms with Gasteiger partial charge in [0.15, 0.2) is 5.82 Å². The number of pyridine rings is 1. The number of nitrogen functional groups attached to an aromatic ring is 1. The minimum absolute atomic E-state index is 0.0804. The number of halogens is 3. The molecule has 0 bridgehead atoms. The first-order chi connectivity index (χ1) is 13.5. The van der Waals surface area contributed by atoms with Crippen molar-refractivity contribution in [3.63, 3.8) is 0 Å². The molecule has 2 aromatic rings. The number of fused-ring (bicyclic) bond motifs is 1. The average molecular weight is 490 g/mol. The van der Waals surface area contributed by atoms with Gasteiger partial charge in [0, 0.05) is 24.5 Å². The van der Waals surface area contributed by atoms with Crippen molar-refractivity contribution in [1.82, 2.24) is 9.88 Å². The van der Waals surface area contributed by atoms with Crippen LogP contribution in [0.15, 0.2) is 10.5 Å². The van der Waals surface area contributed by atoms with Crippen LogP contribution in [0.2, 0.25) is 5.02 Å². The van der Waals surface area contributed by atoms with Gasteiger partial charge in [-0.1, -0.05) is 11.6 Å². The van der Waals surface area contributed by atoms with Crippen molar-refractivity contribution < 1.29 is 18.7 Å². The summed E-state index contributed by atoms with van der Waals surface area (Å²) in [6, 6.07) is 1.49. The normalized spacial score (nSPS) is 16.9. The number of anilines is 2. The number of ether oxygens (including phenoxy) is 2. The van der Waals surface area contributed by atoms with Crippen LogP contribution in [0.5, 0.6) is 5.88 Å². The third-order valence-corrected chi connectivity index (χ3v) is 5.80. The fourth-order valence-electron chi connectivity index (χ4n) is 3.18. The van der Waals surface area contributed by atoms with Crippen molar-refractivity contribution in [2.75, 3.05) is 31.2 Å². The number of carbonyl (C=O) groups excluding carboxylic acids is 1. The van der Waals surface area contributed by atoms with E-state index in [0.29, 0.717) is 30.6 Å². The molecule has 1 fully saturated rings. The zero-order chi connectivity index (χ0) is 21.5. The first-order valence-corrected chi connectivity index (χ1v) is 10.2. The SMILES string of the molecule is COc1nc2c(F)c(Br)c(Cl)cc2c(NC2CCN(C(=O)OC(C)(C)C)C2)c1N. The van der Waals surface area contributed by atoms with Crippen molar-refractivity contribution in [3.05, 3.63) is 21.4 Å². The van der Waals surface area contributed by atoms with E-state index >= 15 is 0 Å².